The number of nitrogens with zero attached hydrogens (tertiary/aromatic N) is 3. The maximum absolute atomic E-state index is 5.29. The second-order valence-electron chi connectivity index (χ2n) is 12.9. The fourth-order valence-corrected chi connectivity index (χ4v) is 6.77. The van der Waals surface area contributed by atoms with Gasteiger partial charge in [-0.15, -0.1) is 0 Å². The fourth-order valence-electron chi connectivity index (χ4n) is 6.77. The van der Waals surface area contributed by atoms with Gasteiger partial charge < -0.3 is 0 Å². The molecule has 52 heavy (non-hydrogen) atoms. The van der Waals surface area contributed by atoms with Crippen LogP contribution in [0.5, 0.6) is 0 Å². The Morgan fingerprint density at radius 1 is 0.250 bits per heavy atom. The van der Waals surface area contributed by atoms with Crippen LogP contribution in [-0.4, -0.2) is 15.0 Å². The molecule has 9 rings (SSSR count). The van der Waals surface area contributed by atoms with Crippen molar-refractivity contribution in [2.24, 2.45) is 0 Å². The molecular weight excluding hydrogens is 631 g/mol. The largest absolute Gasteiger partial charge is 0.256 e. The molecule has 3 heteroatoms. The Morgan fingerprint density at radius 2 is 0.692 bits per heavy atom. The molecule has 0 aliphatic rings. The molecular formula is C49H33N3. The van der Waals surface area contributed by atoms with Crippen molar-refractivity contribution in [1.82, 2.24) is 15.0 Å². The fraction of sp³-hybridized carbons (Fsp3) is 0. The highest BCUT2D eigenvalue weighted by molar-refractivity contribution is 5.86. The Kier molecular flexibility index (Phi) is 8.20. The zero-order chi connectivity index (χ0) is 34.7. The molecule has 0 amide bonds. The van der Waals surface area contributed by atoms with Crippen molar-refractivity contribution in [1.29, 1.82) is 0 Å². The molecule has 0 bridgehead atoms. The summed E-state index contributed by atoms with van der Waals surface area (Å²) in [5.41, 5.74) is 13.6. The minimum Gasteiger partial charge on any atom is -0.256 e. The Labute approximate surface area is 303 Å². The summed E-state index contributed by atoms with van der Waals surface area (Å²) in [4.78, 5) is 15.3. The number of hydrogen-bond donors (Lipinski definition) is 0. The second kappa shape index (κ2) is 13.7. The lowest BCUT2D eigenvalue weighted by Crippen LogP contribution is -1.97. The average Bonchev–Trinajstić information content (AvgIpc) is 3.24. The number of rotatable bonds is 7. The number of hydrogen-bond acceptors (Lipinski definition) is 3. The molecule has 0 unspecified atom stereocenters. The van der Waals surface area contributed by atoms with Gasteiger partial charge in [0.2, 0.25) is 0 Å². The van der Waals surface area contributed by atoms with Gasteiger partial charge in [0.1, 0.15) is 0 Å². The molecule has 0 aliphatic heterocycles. The highest BCUT2D eigenvalue weighted by Gasteiger charge is 2.15. The van der Waals surface area contributed by atoms with E-state index in [4.69, 9.17) is 15.0 Å². The highest BCUT2D eigenvalue weighted by Crippen LogP contribution is 2.35. The molecule has 0 saturated carbocycles. The van der Waals surface area contributed by atoms with Gasteiger partial charge in [-0.1, -0.05) is 158 Å². The van der Waals surface area contributed by atoms with Crippen LogP contribution < -0.4 is 0 Å². The lowest BCUT2D eigenvalue weighted by atomic mass is 9.94. The van der Waals surface area contributed by atoms with E-state index in [0.717, 1.165) is 77.9 Å². The van der Waals surface area contributed by atoms with Gasteiger partial charge in [0.15, 0.2) is 5.82 Å². The van der Waals surface area contributed by atoms with E-state index in [2.05, 4.69) is 182 Å². The third-order valence-corrected chi connectivity index (χ3v) is 9.50. The molecule has 244 valence electrons. The van der Waals surface area contributed by atoms with E-state index in [1.807, 2.05) is 18.3 Å². The van der Waals surface area contributed by atoms with E-state index in [9.17, 15) is 0 Å². The van der Waals surface area contributed by atoms with E-state index in [0.29, 0.717) is 5.82 Å². The first kappa shape index (κ1) is 31.0. The van der Waals surface area contributed by atoms with Crippen LogP contribution in [0.15, 0.2) is 200 Å². The average molecular weight is 664 g/mol. The van der Waals surface area contributed by atoms with Crippen molar-refractivity contribution in [2.75, 3.05) is 0 Å². The standard InChI is InChI=1S/C49H33N3/c1-4-13-34(14-5-1)37-23-25-38(26-24-37)47-32-48(45-29-43(35-15-6-2-7-16-35)28-44(30-45)36-17-8-3-9-18-36)52-49(51-47)41-22-12-21-40(27-41)46-31-39-19-10-11-20-42(39)33-50-46/h1-33H. The van der Waals surface area contributed by atoms with Gasteiger partial charge in [-0.05, 0) is 75.2 Å². The van der Waals surface area contributed by atoms with Crippen molar-refractivity contribution < 1.29 is 0 Å². The Morgan fingerprint density at radius 3 is 1.33 bits per heavy atom. The molecule has 7 aromatic carbocycles. The SMILES string of the molecule is c1ccc(-c2ccc(-c3cc(-c4cc(-c5ccccc5)cc(-c5ccccc5)c4)nc(-c4cccc(-c5cc6ccccc6cn5)c4)n3)cc2)cc1. The molecule has 0 saturated heterocycles. The molecule has 0 N–H and O–H groups in total. The van der Waals surface area contributed by atoms with Crippen LogP contribution in [0.4, 0.5) is 0 Å². The molecule has 9 aromatic rings. The number of benzene rings is 7. The Hall–Kier alpha value is -6.97. The topological polar surface area (TPSA) is 38.7 Å². The Balaban J connectivity index is 1.21. The quantitative estimate of drug-likeness (QED) is 0.170. The number of fused-ring (bicyclic) bond motifs is 1. The van der Waals surface area contributed by atoms with Crippen LogP contribution in [0.3, 0.4) is 0 Å². The molecule has 3 nitrogen and oxygen atoms in total. The van der Waals surface area contributed by atoms with E-state index in [1.54, 1.807) is 0 Å². The van der Waals surface area contributed by atoms with Crippen molar-refractivity contribution in [3.05, 3.63) is 200 Å². The third kappa shape index (κ3) is 6.39. The van der Waals surface area contributed by atoms with Crippen molar-refractivity contribution in [3.8, 4) is 78.5 Å². The van der Waals surface area contributed by atoms with Gasteiger partial charge in [-0.2, -0.15) is 0 Å². The number of pyridine rings is 1. The molecule has 0 atom stereocenters. The first-order valence-electron chi connectivity index (χ1n) is 17.5. The maximum atomic E-state index is 5.29. The summed E-state index contributed by atoms with van der Waals surface area (Å²) >= 11 is 0. The van der Waals surface area contributed by atoms with Gasteiger partial charge >= 0.3 is 0 Å². The zero-order valence-corrected chi connectivity index (χ0v) is 28.4. The summed E-state index contributed by atoms with van der Waals surface area (Å²) in [6.45, 7) is 0. The molecule has 0 spiro atoms. The van der Waals surface area contributed by atoms with Crippen LogP contribution in [0, 0.1) is 0 Å². The van der Waals surface area contributed by atoms with Crippen LogP contribution in [0.25, 0.3) is 89.3 Å². The zero-order valence-electron chi connectivity index (χ0n) is 28.4. The monoisotopic (exact) mass is 663 g/mol. The summed E-state index contributed by atoms with van der Waals surface area (Å²) < 4.78 is 0. The van der Waals surface area contributed by atoms with Gasteiger partial charge in [0, 0.05) is 33.8 Å². The van der Waals surface area contributed by atoms with Gasteiger partial charge in [-0.3, -0.25) is 4.98 Å². The smallest absolute Gasteiger partial charge is 0.160 e. The summed E-state index contributed by atoms with van der Waals surface area (Å²) in [6, 6.07) is 67.9. The summed E-state index contributed by atoms with van der Waals surface area (Å²) in [7, 11) is 0. The normalized spacial score (nSPS) is 11.1. The van der Waals surface area contributed by atoms with Crippen LogP contribution in [0.1, 0.15) is 0 Å². The molecule has 0 aliphatic carbocycles. The third-order valence-electron chi connectivity index (χ3n) is 9.50. The Bertz CT molecular complexity index is 2590. The highest BCUT2D eigenvalue weighted by atomic mass is 14.9. The van der Waals surface area contributed by atoms with E-state index < -0.39 is 0 Å². The predicted octanol–water partition coefficient (Wildman–Crippen LogP) is 12.7. The summed E-state index contributed by atoms with van der Waals surface area (Å²) in [5, 5.41) is 2.28. The van der Waals surface area contributed by atoms with Crippen molar-refractivity contribution >= 4 is 10.8 Å². The van der Waals surface area contributed by atoms with Gasteiger partial charge in [0.05, 0.1) is 17.1 Å². The summed E-state index contributed by atoms with van der Waals surface area (Å²) in [6.07, 6.45) is 1.94. The second-order valence-corrected chi connectivity index (χ2v) is 12.9. The first-order chi connectivity index (χ1) is 25.7. The van der Waals surface area contributed by atoms with Crippen molar-refractivity contribution in [2.45, 2.75) is 0 Å². The number of aromatic nitrogens is 3. The van der Waals surface area contributed by atoms with Crippen LogP contribution >= 0.6 is 0 Å². The first-order valence-corrected chi connectivity index (χ1v) is 17.5. The maximum Gasteiger partial charge on any atom is 0.160 e. The molecule has 0 radical (unpaired) electrons. The summed E-state index contributed by atoms with van der Waals surface area (Å²) in [5.74, 6) is 0.661. The van der Waals surface area contributed by atoms with Gasteiger partial charge in [-0.25, -0.2) is 9.97 Å². The minimum absolute atomic E-state index is 0.661. The lowest BCUT2D eigenvalue weighted by Gasteiger charge is -2.14. The van der Waals surface area contributed by atoms with Crippen molar-refractivity contribution in [3.63, 3.8) is 0 Å². The molecule has 2 heterocycles. The lowest BCUT2D eigenvalue weighted by molar-refractivity contribution is 1.18. The van der Waals surface area contributed by atoms with Crippen LogP contribution in [0.2, 0.25) is 0 Å². The van der Waals surface area contributed by atoms with E-state index in [1.165, 1.54) is 5.56 Å². The van der Waals surface area contributed by atoms with Crippen LogP contribution in [-0.2, 0) is 0 Å². The predicted molar refractivity (Wildman–Crippen MR) is 215 cm³/mol. The van der Waals surface area contributed by atoms with E-state index in [-0.39, 0.29) is 0 Å². The van der Waals surface area contributed by atoms with E-state index >= 15 is 0 Å². The van der Waals surface area contributed by atoms with Gasteiger partial charge in [0.25, 0.3) is 0 Å². The molecule has 0 fully saturated rings. The molecule has 2 aromatic heterocycles. The minimum atomic E-state index is 0.661.